The summed E-state index contributed by atoms with van der Waals surface area (Å²) in [6.07, 6.45) is 0.612. The standard InChI is InChI=1S/C26H27N3O5S/c1-15-22(18-8-5-6-9-20(18)27-15)23(30)16(2)35-26-28-21-14-17(25(32)34-4)10-11-19(21)24(31)29(26)12-7-13-33-3/h5-6,8-11,14,16,27H,7,12-13H2,1-4H3/t16-/m1/s1. The number of Topliss-reactive ketones (excluding diaryl/α,β-unsaturated/α-hetero) is 1. The topological polar surface area (TPSA) is 103 Å². The second-order valence-electron chi connectivity index (χ2n) is 8.22. The molecule has 8 nitrogen and oxygen atoms in total. The van der Waals surface area contributed by atoms with Crippen LogP contribution in [0.5, 0.6) is 0 Å². The van der Waals surface area contributed by atoms with Crippen molar-refractivity contribution in [3.8, 4) is 0 Å². The Hall–Kier alpha value is -3.43. The van der Waals surface area contributed by atoms with Crippen molar-refractivity contribution < 1.29 is 19.1 Å². The number of aromatic nitrogens is 3. The Morgan fingerprint density at radius 3 is 2.66 bits per heavy atom. The summed E-state index contributed by atoms with van der Waals surface area (Å²) in [5.41, 5.74) is 2.80. The molecule has 0 saturated carbocycles. The van der Waals surface area contributed by atoms with Crippen LogP contribution in [0.3, 0.4) is 0 Å². The fourth-order valence-electron chi connectivity index (χ4n) is 4.11. The lowest BCUT2D eigenvalue weighted by Gasteiger charge is -2.16. The van der Waals surface area contributed by atoms with Gasteiger partial charge in [0.1, 0.15) is 0 Å². The van der Waals surface area contributed by atoms with Gasteiger partial charge in [-0.2, -0.15) is 0 Å². The van der Waals surface area contributed by atoms with Crippen molar-refractivity contribution in [2.24, 2.45) is 0 Å². The number of H-pyrrole nitrogens is 1. The average Bonchev–Trinajstić information content (AvgIpc) is 3.20. The highest BCUT2D eigenvalue weighted by atomic mass is 32.2. The van der Waals surface area contributed by atoms with E-state index in [0.717, 1.165) is 16.6 Å². The summed E-state index contributed by atoms with van der Waals surface area (Å²) in [5.74, 6) is -0.559. The number of thioether (sulfide) groups is 1. The second kappa shape index (κ2) is 10.5. The summed E-state index contributed by atoms with van der Waals surface area (Å²) >= 11 is 1.23. The first-order chi connectivity index (χ1) is 16.8. The van der Waals surface area contributed by atoms with Crippen LogP contribution in [0.1, 0.15) is 39.8 Å². The SMILES string of the molecule is COCCCn1c(S[C@H](C)C(=O)c2c(C)[nH]c3ccccc23)nc2cc(C(=O)OC)ccc2c1=O. The van der Waals surface area contributed by atoms with Crippen molar-refractivity contribution in [1.29, 1.82) is 0 Å². The number of hydrogen-bond donors (Lipinski definition) is 1. The van der Waals surface area contributed by atoms with Gasteiger partial charge in [0.2, 0.25) is 0 Å². The molecule has 0 unspecified atom stereocenters. The minimum Gasteiger partial charge on any atom is -0.465 e. The lowest BCUT2D eigenvalue weighted by molar-refractivity contribution is 0.0600. The summed E-state index contributed by atoms with van der Waals surface area (Å²) in [6, 6.07) is 12.4. The molecule has 4 aromatic rings. The van der Waals surface area contributed by atoms with Crippen molar-refractivity contribution in [3.63, 3.8) is 0 Å². The van der Waals surface area contributed by atoms with Gasteiger partial charge in [-0.25, -0.2) is 9.78 Å². The maximum absolute atomic E-state index is 13.5. The van der Waals surface area contributed by atoms with E-state index in [4.69, 9.17) is 14.5 Å². The number of fused-ring (bicyclic) bond motifs is 2. The number of rotatable bonds is 9. The van der Waals surface area contributed by atoms with Gasteiger partial charge in [0.05, 0.1) is 28.8 Å². The first kappa shape index (κ1) is 24.7. The van der Waals surface area contributed by atoms with Crippen LogP contribution >= 0.6 is 11.8 Å². The number of carbonyl (C=O) groups is 2. The molecule has 0 spiro atoms. The second-order valence-corrected chi connectivity index (χ2v) is 9.52. The Bertz CT molecular complexity index is 1470. The molecule has 2 aromatic heterocycles. The van der Waals surface area contributed by atoms with Gasteiger partial charge < -0.3 is 14.5 Å². The molecule has 1 N–H and O–H groups in total. The van der Waals surface area contributed by atoms with Gasteiger partial charge in [0, 0.05) is 42.4 Å². The van der Waals surface area contributed by atoms with Gasteiger partial charge in [-0.1, -0.05) is 30.0 Å². The van der Waals surface area contributed by atoms with Crippen molar-refractivity contribution in [1.82, 2.24) is 14.5 Å². The Balaban J connectivity index is 1.75. The summed E-state index contributed by atoms with van der Waals surface area (Å²) in [4.78, 5) is 46.8. The van der Waals surface area contributed by atoms with Gasteiger partial charge in [-0.05, 0) is 44.5 Å². The van der Waals surface area contributed by atoms with Crippen LogP contribution in [0.25, 0.3) is 21.8 Å². The highest BCUT2D eigenvalue weighted by Gasteiger charge is 2.25. The highest BCUT2D eigenvalue weighted by molar-refractivity contribution is 8.00. The molecular formula is C26H27N3O5S. The molecule has 0 fully saturated rings. The number of benzene rings is 2. The number of methoxy groups -OCH3 is 2. The van der Waals surface area contributed by atoms with Crippen LogP contribution in [-0.4, -0.2) is 52.4 Å². The average molecular weight is 494 g/mol. The van der Waals surface area contributed by atoms with Crippen molar-refractivity contribution in [2.45, 2.75) is 37.2 Å². The molecule has 0 saturated heterocycles. The van der Waals surface area contributed by atoms with Crippen LogP contribution in [0.2, 0.25) is 0 Å². The zero-order valence-electron chi connectivity index (χ0n) is 20.1. The first-order valence-corrected chi connectivity index (χ1v) is 12.1. The smallest absolute Gasteiger partial charge is 0.337 e. The molecule has 35 heavy (non-hydrogen) atoms. The minimum absolute atomic E-state index is 0.0500. The maximum atomic E-state index is 13.5. The number of ketones is 1. The largest absolute Gasteiger partial charge is 0.465 e. The summed E-state index contributed by atoms with van der Waals surface area (Å²) in [6.45, 7) is 4.57. The third kappa shape index (κ3) is 4.87. The molecule has 0 bridgehead atoms. The summed E-state index contributed by atoms with van der Waals surface area (Å²) in [7, 11) is 2.91. The van der Waals surface area contributed by atoms with E-state index in [-0.39, 0.29) is 11.3 Å². The van der Waals surface area contributed by atoms with Crippen LogP contribution < -0.4 is 5.56 Å². The molecule has 1 atom stereocenters. The molecule has 0 aliphatic heterocycles. The van der Waals surface area contributed by atoms with Crippen molar-refractivity contribution >= 4 is 45.3 Å². The van der Waals surface area contributed by atoms with Gasteiger partial charge in [-0.15, -0.1) is 0 Å². The van der Waals surface area contributed by atoms with Crippen LogP contribution in [-0.2, 0) is 16.0 Å². The summed E-state index contributed by atoms with van der Waals surface area (Å²) < 4.78 is 11.5. The van der Waals surface area contributed by atoms with Crippen LogP contribution in [0.15, 0.2) is 52.4 Å². The van der Waals surface area contributed by atoms with Crippen molar-refractivity contribution in [2.75, 3.05) is 20.8 Å². The lowest BCUT2D eigenvalue weighted by atomic mass is 10.1. The first-order valence-electron chi connectivity index (χ1n) is 11.3. The number of hydrogen-bond acceptors (Lipinski definition) is 7. The third-order valence-electron chi connectivity index (χ3n) is 5.86. The van der Waals surface area contributed by atoms with Gasteiger partial charge >= 0.3 is 5.97 Å². The van der Waals surface area contributed by atoms with Gasteiger partial charge in [-0.3, -0.25) is 14.2 Å². The number of nitrogens with one attached hydrogen (secondary N) is 1. The monoisotopic (exact) mass is 493 g/mol. The molecular weight excluding hydrogens is 466 g/mol. The Labute approximate surface area is 206 Å². The molecule has 182 valence electrons. The Morgan fingerprint density at radius 1 is 1.14 bits per heavy atom. The van der Waals surface area contributed by atoms with E-state index in [0.29, 0.717) is 46.8 Å². The number of aromatic amines is 1. The third-order valence-corrected chi connectivity index (χ3v) is 6.95. The fourth-order valence-corrected chi connectivity index (χ4v) is 5.10. The number of ether oxygens (including phenoxy) is 2. The minimum atomic E-state index is -0.509. The lowest BCUT2D eigenvalue weighted by Crippen LogP contribution is -2.26. The predicted octanol–water partition coefficient (Wildman–Crippen LogP) is 4.37. The number of para-hydroxylation sites is 1. The van der Waals surface area contributed by atoms with E-state index < -0.39 is 11.2 Å². The van der Waals surface area contributed by atoms with E-state index >= 15 is 0 Å². The quantitative estimate of drug-likeness (QED) is 0.121. The molecule has 9 heteroatoms. The number of esters is 1. The molecule has 2 aromatic carbocycles. The van der Waals surface area contributed by atoms with E-state index in [1.54, 1.807) is 29.9 Å². The zero-order chi connectivity index (χ0) is 25.1. The van der Waals surface area contributed by atoms with E-state index in [2.05, 4.69) is 4.98 Å². The van der Waals surface area contributed by atoms with E-state index in [1.165, 1.54) is 18.9 Å². The van der Waals surface area contributed by atoms with E-state index in [1.807, 2.05) is 38.1 Å². The zero-order valence-corrected chi connectivity index (χ0v) is 20.9. The molecule has 0 aliphatic carbocycles. The molecule has 0 amide bonds. The molecule has 4 rings (SSSR count). The number of carbonyl (C=O) groups excluding carboxylic acids is 2. The molecule has 2 heterocycles. The van der Waals surface area contributed by atoms with Crippen molar-refractivity contribution in [3.05, 3.63) is 69.6 Å². The van der Waals surface area contributed by atoms with E-state index in [9.17, 15) is 14.4 Å². The number of aryl methyl sites for hydroxylation is 1. The normalized spacial score (nSPS) is 12.2. The van der Waals surface area contributed by atoms with Crippen LogP contribution in [0.4, 0.5) is 0 Å². The molecule has 0 aliphatic rings. The highest BCUT2D eigenvalue weighted by Crippen LogP contribution is 2.30. The maximum Gasteiger partial charge on any atom is 0.337 e. The van der Waals surface area contributed by atoms with Gasteiger partial charge in [0.25, 0.3) is 5.56 Å². The predicted molar refractivity (Wildman–Crippen MR) is 137 cm³/mol. The summed E-state index contributed by atoms with van der Waals surface area (Å²) in [5, 5.41) is 1.17. The Kier molecular flexibility index (Phi) is 7.37. The molecule has 0 radical (unpaired) electrons. The van der Waals surface area contributed by atoms with Crippen LogP contribution in [0, 0.1) is 6.92 Å². The number of nitrogens with zero attached hydrogens (tertiary/aromatic N) is 2. The van der Waals surface area contributed by atoms with Gasteiger partial charge in [0.15, 0.2) is 10.9 Å². The fraction of sp³-hybridized carbons (Fsp3) is 0.308. The Morgan fingerprint density at radius 2 is 1.91 bits per heavy atom.